The maximum atomic E-state index is 12.0. The average Bonchev–Trinajstić information content (AvgIpc) is 2.23. The zero-order valence-corrected chi connectivity index (χ0v) is 11.6. The van der Waals surface area contributed by atoms with Crippen molar-refractivity contribution < 1.29 is 14.3 Å². The van der Waals surface area contributed by atoms with Crippen LogP contribution in [0.5, 0.6) is 0 Å². The van der Waals surface area contributed by atoms with Crippen LogP contribution >= 0.6 is 0 Å². The van der Waals surface area contributed by atoms with E-state index in [0.29, 0.717) is 6.54 Å². The minimum atomic E-state index is -0.699. The van der Waals surface area contributed by atoms with Crippen LogP contribution in [-0.4, -0.2) is 37.1 Å². The van der Waals surface area contributed by atoms with Crippen molar-refractivity contribution in [1.82, 2.24) is 10.6 Å². The summed E-state index contributed by atoms with van der Waals surface area (Å²) < 4.78 is 4.67. The quantitative estimate of drug-likeness (QED) is 0.675. The first-order chi connectivity index (χ1) is 7.76. The molecule has 5 nitrogen and oxygen atoms in total. The predicted octanol–water partition coefficient (Wildman–Crippen LogP) is 0.688. The van der Waals surface area contributed by atoms with Gasteiger partial charge in [0.2, 0.25) is 5.91 Å². The minimum absolute atomic E-state index is 0.0103. The molecule has 0 aliphatic rings. The van der Waals surface area contributed by atoms with Gasteiger partial charge in [0.25, 0.3) is 0 Å². The van der Waals surface area contributed by atoms with Gasteiger partial charge in [0.15, 0.2) is 0 Å². The molecular formula is C12H24N2O3. The first kappa shape index (κ1) is 15.9. The molecule has 0 rings (SSSR count). The molecule has 0 aromatic heterocycles. The summed E-state index contributed by atoms with van der Waals surface area (Å²) in [5.41, 5.74) is -0.699. The molecule has 2 N–H and O–H groups in total. The van der Waals surface area contributed by atoms with Crippen molar-refractivity contribution in [2.45, 2.75) is 46.2 Å². The highest BCUT2D eigenvalue weighted by molar-refractivity contribution is 5.90. The first-order valence-corrected chi connectivity index (χ1v) is 5.90. The summed E-state index contributed by atoms with van der Waals surface area (Å²) in [7, 11) is 1.32. The summed E-state index contributed by atoms with van der Waals surface area (Å²) in [4.78, 5) is 23.5. The fourth-order valence-corrected chi connectivity index (χ4v) is 1.47. The number of likely N-dealkylation sites (N-methyl/N-ethyl adjacent to an activating group) is 1. The molecule has 0 fully saturated rings. The highest BCUT2D eigenvalue weighted by Gasteiger charge is 2.32. The fraction of sp³-hybridized carbons (Fsp3) is 0.833. The van der Waals surface area contributed by atoms with Crippen molar-refractivity contribution in [3.63, 3.8) is 0 Å². The lowest BCUT2D eigenvalue weighted by atomic mass is 10.00. The molecule has 0 radical (unpaired) electrons. The van der Waals surface area contributed by atoms with Crippen molar-refractivity contribution in [3.8, 4) is 0 Å². The van der Waals surface area contributed by atoms with Crippen LogP contribution in [0.1, 0.15) is 34.6 Å². The average molecular weight is 244 g/mol. The molecule has 0 aromatic carbocycles. The van der Waals surface area contributed by atoms with Gasteiger partial charge in [-0.1, -0.05) is 20.8 Å². The van der Waals surface area contributed by atoms with E-state index in [2.05, 4.69) is 15.4 Å². The number of esters is 1. The maximum Gasteiger partial charge on any atom is 0.328 e. The van der Waals surface area contributed by atoms with Gasteiger partial charge in [0, 0.05) is 0 Å². The molecule has 0 unspecified atom stereocenters. The highest BCUT2D eigenvalue weighted by Crippen LogP contribution is 2.08. The Morgan fingerprint density at radius 2 is 1.82 bits per heavy atom. The van der Waals surface area contributed by atoms with E-state index in [4.69, 9.17) is 0 Å². The lowest BCUT2D eigenvalue weighted by molar-refractivity contribution is -0.147. The van der Waals surface area contributed by atoms with E-state index in [-0.39, 0.29) is 11.8 Å². The normalized spacial score (nSPS) is 13.4. The van der Waals surface area contributed by atoms with E-state index in [1.807, 2.05) is 20.8 Å². The van der Waals surface area contributed by atoms with Gasteiger partial charge in [-0.05, 0) is 26.3 Å². The Morgan fingerprint density at radius 3 is 2.18 bits per heavy atom. The Hall–Kier alpha value is -1.10. The van der Waals surface area contributed by atoms with Crippen LogP contribution in [0.3, 0.4) is 0 Å². The zero-order valence-electron chi connectivity index (χ0n) is 11.6. The van der Waals surface area contributed by atoms with Crippen molar-refractivity contribution in [1.29, 1.82) is 0 Å². The van der Waals surface area contributed by atoms with Gasteiger partial charge in [-0.3, -0.25) is 4.79 Å². The fourth-order valence-electron chi connectivity index (χ4n) is 1.47. The third kappa shape index (κ3) is 4.73. The molecule has 0 aromatic rings. The molecule has 0 bridgehead atoms. The summed E-state index contributed by atoms with van der Waals surface area (Å²) in [6, 6.07) is -0.606. The van der Waals surface area contributed by atoms with Gasteiger partial charge in [-0.15, -0.1) is 0 Å². The minimum Gasteiger partial charge on any atom is -0.467 e. The smallest absolute Gasteiger partial charge is 0.328 e. The van der Waals surface area contributed by atoms with E-state index in [1.54, 1.807) is 13.8 Å². The summed E-state index contributed by atoms with van der Waals surface area (Å²) in [5.74, 6) is -0.632. The van der Waals surface area contributed by atoms with E-state index in [9.17, 15) is 9.59 Å². The number of carbonyl (C=O) groups excluding carboxylic acids is 2. The third-order valence-electron chi connectivity index (χ3n) is 2.59. The molecule has 0 spiro atoms. The van der Waals surface area contributed by atoms with Crippen LogP contribution in [0.15, 0.2) is 0 Å². The Kier molecular flexibility index (Phi) is 6.16. The molecule has 0 saturated carbocycles. The first-order valence-electron chi connectivity index (χ1n) is 5.90. The summed E-state index contributed by atoms with van der Waals surface area (Å²) in [6.45, 7) is 9.89. The molecule has 0 aliphatic heterocycles. The Bertz CT molecular complexity index is 275. The van der Waals surface area contributed by atoms with Crippen molar-refractivity contribution >= 4 is 11.9 Å². The number of amides is 1. The van der Waals surface area contributed by atoms with Crippen LogP contribution < -0.4 is 10.6 Å². The summed E-state index contributed by atoms with van der Waals surface area (Å²) in [6.07, 6.45) is 0. The molecular weight excluding hydrogens is 220 g/mol. The SMILES string of the molecule is CCNC(C)(C)C(=O)N[C@H](C(=O)OC)C(C)C. The Balaban J connectivity index is 4.67. The van der Waals surface area contributed by atoms with Gasteiger partial charge in [0.1, 0.15) is 6.04 Å². The molecule has 5 heteroatoms. The number of rotatable bonds is 6. The molecule has 100 valence electrons. The number of nitrogens with one attached hydrogen (secondary N) is 2. The topological polar surface area (TPSA) is 67.4 Å². The second kappa shape index (κ2) is 6.59. The van der Waals surface area contributed by atoms with Crippen molar-refractivity contribution in [3.05, 3.63) is 0 Å². The predicted molar refractivity (Wildman–Crippen MR) is 66.5 cm³/mol. The number of methoxy groups -OCH3 is 1. The molecule has 0 heterocycles. The van der Waals surface area contributed by atoms with Crippen LogP contribution in [-0.2, 0) is 14.3 Å². The van der Waals surface area contributed by atoms with Crippen LogP contribution in [0.25, 0.3) is 0 Å². The largest absolute Gasteiger partial charge is 0.467 e. The number of ether oxygens (including phenoxy) is 1. The van der Waals surface area contributed by atoms with Crippen LogP contribution in [0, 0.1) is 5.92 Å². The third-order valence-corrected chi connectivity index (χ3v) is 2.59. The van der Waals surface area contributed by atoms with E-state index in [0.717, 1.165) is 0 Å². The Labute approximate surface area is 103 Å². The van der Waals surface area contributed by atoms with Gasteiger partial charge in [0.05, 0.1) is 12.6 Å². The molecule has 0 saturated heterocycles. The summed E-state index contributed by atoms with van der Waals surface area (Å²) >= 11 is 0. The number of hydrogen-bond acceptors (Lipinski definition) is 4. The molecule has 17 heavy (non-hydrogen) atoms. The number of hydrogen-bond donors (Lipinski definition) is 2. The van der Waals surface area contributed by atoms with Gasteiger partial charge in [-0.25, -0.2) is 4.79 Å². The second-order valence-corrected chi connectivity index (χ2v) is 4.87. The van der Waals surface area contributed by atoms with E-state index in [1.165, 1.54) is 7.11 Å². The Morgan fingerprint density at radius 1 is 1.29 bits per heavy atom. The lowest BCUT2D eigenvalue weighted by Crippen LogP contribution is -2.57. The van der Waals surface area contributed by atoms with Crippen LogP contribution in [0.4, 0.5) is 0 Å². The lowest BCUT2D eigenvalue weighted by Gasteiger charge is -2.28. The van der Waals surface area contributed by atoms with Crippen LogP contribution in [0.2, 0.25) is 0 Å². The van der Waals surface area contributed by atoms with Gasteiger partial charge in [-0.2, -0.15) is 0 Å². The van der Waals surface area contributed by atoms with Crippen molar-refractivity contribution in [2.75, 3.05) is 13.7 Å². The van der Waals surface area contributed by atoms with Gasteiger partial charge >= 0.3 is 5.97 Å². The number of carbonyl (C=O) groups is 2. The standard InChI is InChI=1S/C12H24N2O3/c1-7-13-12(4,5)11(16)14-9(8(2)3)10(15)17-6/h8-9,13H,7H2,1-6H3,(H,14,16)/t9-/m0/s1. The molecule has 0 aliphatic carbocycles. The van der Waals surface area contributed by atoms with Crippen molar-refractivity contribution in [2.24, 2.45) is 5.92 Å². The monoisotopic (exact) mass is 244 g/mol. The highest BCUT2D eigenvalue weighted by atomic mass is 16.5. The van der Waals surface area contributed by atoms with E-state index < -0.39 is 17.6 Å². The second-order valence-electron chi connectivity index (χ2n) is 4.87. The molecule has 1 amide bonds. The zero-order chi connectivity index (χ0) is 13.6. The molecule has 1 atom stereocenters. The summed E-state index contributed by atoms with van der Waals surface area (Å²) in [5, 5.41) is 5.77. The maximum absolute atomic E-state index is 12.0. The van der Waals surface area contributed by atoms with Gasteiger partial charge < -0.3 is 15.4 Å². The van der Waals surface area contributed by atoms with E-state index >= 15 is 0 Å².